The minimum Gasteiger partial charge on any atom is -0.542 e. The normalized spacial score (nSPS) is 15.2. The van der Waals surface area contributed by atoms with Gasteiger partial charge in [-0.25, -0.2) is 25.3 Å². The lowest BCUT2D eigenvalue weighted by Gasteiger charge is -2.23. The molecule has 0 saturated heterocycles. The highest BCUT2D eigenvalue weighted by atomic mass is 32.2. The standard InChI is InChI=1S/C9H13B4N3O13S3/c10-26-9(19)6(3-32(24,25)29-13)16-8(18)5(2-31(22,23)28-12)15-7(17)4(14)1-30(20,21)27-11/h4-6H,1-3,14H2,(H,15,17)(H,16,18)/t4-,5-,6-/m1/s1. The first-order valence-electron chi connectivity index (χ1n) is 7.63. The van der Waals surface area contributed by atoms with Crippen LogP contribution in [0.2, 0.25) is 0 Å². The summed E-state index contributed by atoms with van der Waals surface area (Å²) < 4.78 is 83.3. The molecule has 0 aromatic rings. The van der Waals surface area contributed by atoms with Crippen LogP contribution in [0, 0.1) is 0 Å². The molecule has 32 heavy (non-hydrogen) atoms. The third-order valence-corrected chi connectivity index (χ3v) is 6.38. The van der Waals surface area contributed by atoms with Gasteiger partial charge >= 0.3 is 38.2 Å². The Hall–Kier alpha value is -1.64. The van der Waals surface area contributed by atoms with Crippen molar-refractivity contribution in [2.75, 3.05) is 17.3 Å². The molecule has 2 amide bonds. The van der Waals surface area contributed by atoms with E-state index in [1.165, 1.54) is 0 Å². The van der Waals surface area contributed by atoms with E-state index in [0.29, 0.717) is 0 Å². The largest absolute Gasteiger partial charge is 0.542 e. The molecule has 0 bridgehead atoms. The summed E-state index contributed by atoms with van der Waals surface area (Å²) in [5.74, 6) is -8.35. The fraction of sp³-hybridized carbons (Fsp3) is 0.667. The van der Waals surface area contributed by atoms with Crippen molar-refractivity contribution in [1.29, 1.82) is 0 Å². The van der Waals surface area contributed by atoms with Gasteiger partial charge in [0.05, 0.1) is 5.75 Å². The highest BCUT2D eigenvalue weighted by Gasteiger charge is 2.34. The van der Waals surface area contributed by atoms with Crippen LogP contribution in [0.15, 0.2) is 0 Å². The SMILES string of the molecule is [B]OC(=O)[C@@H](CS(=O)(=O)O[B])NC(=O)[C@@H](CS(=O)(=O)O[B])NC(=O)[C@H](N)CS(=O)(=O)O[B]. The van der Waals surface area contributed by atoms with Gasteiger partial charge in [-0.1, -0.05) is 0 Å². The monoisotopic (exact) mass is 511 g/mol. The van der Waals surface area contributed by atoms with Gasteiger partial charge in [0.25, 0.3) is 30.4 Å². The van der Waals surface area contributed by atoms with Crippen LogP contribution in [0.3, 0.4) is 0 Å². The quantitative estimate of drug-likeness (QED) is 0.184. The number of rotatable bonds is 14. The molecular formula is C9H13B4N3O13S3. The zero-order valence-corrected chi connectivity index (χ0v) is 18.2. The van der Waals surface area contributed by atoms with Crippen LogP contribution >= 0.6 is 0 Å². The summed E-state index contributed by atoms with van der Waals surface area (Å²) in [5, 5.41) is 3.47. The van der Waals surface area contributed by atoms with E-state index >= 15 is 0 Å². The van der Waals surface area contributed by atoms with Crippen molar-refractivity contribution < 1.29 is 56.6 Å². The van der Waals surface area contributed by atoms with Crippen molar-refractivity contribution in [3.05, 3.63) is 0 Å². The van der Waals surface area contributed by atoms with Crippen LogP contribution in [0.25, 0.3) is 0 Å². The topological polar surface area (TPSA) is 241 Å². The lowest BCUT2D eigenvalue weighted by Crippen LogP contribution is -2.58. The highest BCUT2D eigenvalue weighted by molar-refractivity contribution is 7.87. The van der Waals surface area contributed by atoms with Crippen LogP contribution in [-0.4, -0.2) is 111 Å². The summed E-state index contributed by atoms with van der Waals surface area (Å²) in [6.45, 7) is 0. The average Bonchev–Trinajstić information content (AvgIpc) is 2.71. The van der Waals surface area contributed by atoms with Crippen molar-refractivity contribution in [3.8, 4) is 0 Å². The summed E-state index contributed by atoms with van der Waals surface area (Å²) in [4.78, 5) is 36.2. The van der Waals surface area contributed by atoms with Crippen LogP contribution in [0.1, 0.15) is 0 Å². The Morgan fingerprint density at radius 3 is 1.47 bits per heavy atom. The van der Waals surface area contributed by atoms with Gasteiger partial charge in [-0.15, -0.1) is 0 Å². The molecule has 0 heterocycles. The molecule has 8 radical (unpaired) electrons. The number of carbonyl (C=O) groups is 3. The predicted molar refractivity (Wildman–Crippen MR) is 106 cm³/mol. The first-order chi connectivity index (χ1) is 14.5. The molecule has 0 saturated carbocycles. The number of carbonyl (C=O) groups excluding carboxylic acids is 3. The third-order valence-electron chi connectivity index (χ3n) is 3.25. The fourth-order valence-corrected chi connectivity index (χ4v) is 3.90. The number of nitrogens with one attached hydrogen (secondary N) is 2. The number of hydrogen-bond donors (Lipinski definition) is 3. The van der Waals surface area contributed by atoms with Gasteiger partial charge in [0.2, 0.25) is 11.8 Å². The third kappa shape index (κ3) is 10.8. The van der Waals surface area contributed by atoms with Gasteiger partial charge < -0.3 is 33.3 Å². The Kier molecular flexibility index (Phi) is 11.9. The van der Waals surface area contributed by atoms with Crippen LogP contribution < -0.4 is 16.4 Å². The maximum atomic E-state index is 12.4. The molecule has 172 valence electrons. The predicted octanol–water partition coefficient (Wildman–Crippen LogP) is -6.80. The smallest absolute Gasteiger partial charge is 0.378 e. The van der Waals surface area contributed by atoms with E-state index in [-0.39, 0.29) is 0 Å². The van der Waals surface area contributed by atoms with Crippen molar-refractivity contribution >= 4 is 80.3 Å². The zero-order valence-electron chi connectivity index (χ0n) is 15.8. The second-order valence-corrected chi connectivity index (χ2v) is 10.6. The molecule has 0 aromatic carbocycles. The van der Waals surface area contributed by atoms with E-state index in [1.807, 2.05) is 0 Å². The number of hydrogen-bond acceptors (Lipinski definition) is 14. The highest BCUT2D eigenvalue weighted by Crippen LogP contribution is 2.03. The lowest BCUT2D eigenvalue weighted by molar-refractivity contribution is -0.139. The molecule has 16 nitrogen and oxygen atoms in total. The lowest BCUT2D eigenvalue weighted by atomic mass is 10.2. The van der Waals surface area contributed by atoms with Gasteiger partial charge in [0, 0.05) is 0 Å². The van der Waals surface area contributed by atoms with Crippen molar-refractivity contribution in [2.45, 2.75) is 18.1 Å². The maximum Gasteiger partial charge on any atom is 0.378 e. The molecule has 23 heteroatoms. The van der Waals surface area contributed by atoms with Crippen LogP contribution in [0.4, 0.5) is 0 Å². The molecule has 0 rings (SSSR count). The Balaban J connectivity index is 5.78. The molecule has 0 aliphatic heterocycles. The van der Waals surface area contributed by atoms with Gasteiger partial charge in [-0.05, 0) is 0 Å². The molecule has 0 aliphatic rings. The molecule has 3 atom stereocenters. The van der Waals surface area contributed by atoms with Gasteiger partial charge in [0.1, 0.15) is 29.6 Å². The van der Waals surface area contributed by atoms with Crippen LogP contribution in [0.5, 0.6) is 0 Å². The van der Waals surface area contributed by atoms with Crippen molar-refractivity contribution in [1.82, 2.24) is 10.6 Å². The molecule has 4 N–H and O–H groups in total. The summed E-state index contributed by atoms with van der Waals surface area (Å²) in [6, 6.07) is -6.17. The Bertz CT molecular complexity index is 1000. The maximum absolute atomic E-state index is 12.4. The van der Waals surface area contributed by atoms with E-state index in [1.54, 1.807) is 10.6 Å². The molecule has 0 aliphatic carbocycles. The van der Waals surface area contributed by atoms with Gasteiger partial charge in [-0.3, -0.25) is 14.4 Å². The second-order valence-electron chi connectivity index (χ2n) is 5.63. The van der Waals surface area contributed by atoms with Gasteiger partial charge in [-0.2, -0.15) is 0 Å². The number of amides is 2. The van der Waals surface area contributed by atoms with Gasteiger partial charge in [0.15, 0.2) is 0 Å². The van der Waals surface area contributed by atoms with Crippen molar-refractivity contribution in [2.24, 2.45) is 5.73 Å². The minimum absolute atomic E-state index is 1.18. The minimum atomic E-state index is -4.68. The van der Waals surface area contributed by atoms with E-state index < -0.39 is 83.5 Å². The summed E-state index contributed by atoms with van der Waals surface area (Å²) >= 11 is 0. The van der Waals surface area contributed by atoms with E-state index in [9.17, 15) is 39.6 Å². The van der Waals surface area contributed by atoms with Crippen LogP contribution in [-0.2, 0) is 61.7 Å². The molecule has 0 aromatic heterocycles. The Morgan fingerprint density at radius 1 is 0.688 bits per heavy atom. The molecule has 0 spiro atoms. The number of nitrogens with two attached hydrogens (primary N) is 1. The summed E-state index contributed by atoms with van der Waals surface area (Å²) in [6.07, 6.45) is 0. The Labute approximate surface area is 188 Å². The summed E-state index contributed by atoms with van der Waals surface area (Å²) in [7, 11) is 4.46. The second kappa shape index (κ2) is 12.6. The zero-order chi connectivity index (χ0) is 25.3. The first kappa shape index (κ1) is 30.4. The summed E-state index contributed by atoms with van der Waals surface area (Å²) in [5.41, 5.74) is 5.33. The molecule has 0 fully saturated rings. The van der Waals surface area contributed by atoms with E-state index in [2.05, 4.69) is 49.2 Å². The molecule has 0 unspecified atom stereocenters. The van der Waals surface area contributed by atoms with E-state index in [4.69, 9.17) is 5.73 Å². The molecular weight excluding hydrogens is 498 g/mol. The van der Waals surface area contributed by atoms with Crippen molar-refractivity contribution in [3.63, 3.8) is 0 Å². The Morgan fingerprint density at radius 2 is 1.06 bits per heavy atom. The fourth-order valence-electron chi connectivity index (χ4n) is 1.81. The first-order valence-corrected chi connectivity index (χ1v) is 12.4. The van der Waals surface area contributed by atoms with E-state index in [0.717, 1.165) is 0 Å². The average molecular weight is 511 g/mol.